The van der Waals surface area contributed by atoms with Crippen molar-refractivity contribution in [3.05, 3.63) is 63.4 Å². The lowest BCUT2D eigenvalue weighted by Crippen LogP contribution is -2.01. The van der Waals surface area contributed by atoms with E-state index in [1.54, 1.807) is 0 Å². The highest BCUT2D eigenvalue weighted by atomic mass is 79.9. The number of hydrogen-bond acceptors (Lipinski definition) is 3. The number of halogens is 1. The van der Waals surface area contributed by atoms with Gasteiger partial charge in [-0.25, -0.2) is 0 Å². The number of benzene rings is 2. The Labute approximate surface area is 123 Å². The zero-order valence-electron chi connectivity index (χ0n) is 9.89. The van der Waals surface area contributed by atoms with Crippen LogP contribution in [0.2, 0.25) is 0 Å². The Kier molecular flexibility index (Phi) is 3.12. The van der Waals surface area contributed by atoms with Gasteiger partial charge in [-0.2, -0.15) is 0 Å². The molecule has 0 bridgehead atoms. The number of thiophene rings is 1. The minimum Gasteiger partial charge on any atom is -0.397 e. The maximum atomic E-state index is 12.4. The Morgan fingerprint density at radius 3 is 2.58 bits per heavy atom. The van der Waals surface area contributed by atoms with Crippen molar-refractivity contribution in [2.24, 2.45) is 0 Å². The quantitative estimate of drug-likeness (QED) is 0.703. The molecule has 2 nitrogen and oxygen atoms in total. The van der Waals surface area contributed by atoms with Gasteiger partial charge in [0.2, 0.25) is 5.78 Å². The Morgan fingerprint density at radius 1 is 1.11 bits per heavy atom. The van der Waals surface area contributed by atoms with Gasteiger partial charge < -0.3 is 5.73 Å². The number of carbonyl (C=O) groups excluding carboxylic acids is 1. The highest BCUT2D eigenvalue weighted by Gasteiger charge is 2.17. The van der Waals surface area contributed by atoms with E-state index in [0.29, 0.717) is 16.1 Å². The fourth-order valence-corrected chi connectivity index (χ4v) is 3.40. The molecule has 0 radical (unpaired) electrons. The maximum absolute atomic E-state index is 12.4. The standard InChI is InChI=1S/C15H10BrNOS/c16-10-6-7-12-11(8-10)13(17)15(19-12)14(18)9-4-2-1-3-5-9/h1-8H,17H2. The van der Waals surface area contributed by atoms with Gasteiger partial charge in [-0.05, 0) is 18.2 Å². The van der Waals surface area contributed by atoms with Crippen molar-refractivity contribution >= 4 is 48.8 Å². The van der Waals surface area contributed by atoms with Crippen LogP contribution in [-0.4, -0.2) is 5.78 Å². The number of fused-ring (bicyclic) bond motifs is 1. The highest BCUT2D eigenvalue weighted by molar-refractivity contribution is 9.10. The van der Waals surface area contributed by atoms with Crippen LogP contribution in [0.5, 0.6) is 0 Å². The van der Waals surface area contributed by atoms with Crippen molar-refractivity contribution in [2.45, 2.75) is 0 Å². The summed E-state index contributed by atoms with van der Waals surface area (Å²) in [5.41, 5.74) is 7.35. The third-order valence-electron chi connectivity index (χ3n) is 2.93. The van der Waals surface area contributed by atoms with Gasteiger partial charge in [0, 0.05) is 20.1 Å². The Bertz CT molecular complexity index is 764. The number of nitrogens with two attached hydrogens (primary N) is 1. The summed E-state index contributed by atoms with van der Waals surface area (Å²) in [6.07, 6.45) is 0. The number of rotatable bonds is 2. The highest BCUT2D eigenvalue weighted by Crippen LogP contribution is 2.36. The second-order valence-electron chi connectivity index (χ2n) is 4.18. The molecule has 0 fully saturated rings. The van der Waals surface area contributed by atoms with Crippen molar-refractivity contribution in [3.63, 3.8) is 0 Å². The van der Waals surface area contributed by atoms with Crippen molar-refractivity contribution < 1.29 is 4.79 Å². The monoisotopic (exact) mass is 331 g/mol. The number of anilines is 1. The van der Waals surface area contributed by atoms with Crippen molar-refractivity contribution in [2.75, 3.05) is 5.73 Å². The predicted octanol–water partition coefficient (Wildman–Crippen LogP) is 4.48. The van der Waals surface area contributed by atoms with Crippen LogP contribution < -0.4 is 5.73 Å². The second-order valence-corrected chi connectivity index (χ2v) is 6.15. The first-order valence-electron chi connectivity index (χ1n) is 5.74. The average molecular weight is 332 g/mol. The van der Waals surface area contributed by atoms with Crippen LogP contribution in [0.15, 0.2) is 53.0 Å². The molecule has 1 heterocycles. The predicted molar refractivity (Wildman–Crippen MR) is 83.8 cm³/mol. The van der Waals surface area contributed by atoms with Crippen LogP contribution in [0.25, 0.3) is 10.1 Å². The summed E-state index contributed by atoms with van der Waals surface area (Å²) in [4.78, 5) is 13.1. The molecule has 94 valence electrons. The van der Waals surface area contributed by atoms with Gasteiger partial charge in [0.1, 0.15) is 0 Å². The molecule has 0 amide bonds. The van der Waals surface area contributed by atoms with Crippen LogP contribution in [0.3, 0.4) is 0 Å². The fourth-order valence-electron chi connectivity index (χ4n) is 1.98. The summed E-state index contributed by atoms with van der Waals surface area (Å²) >= 11 is 4.86. The lowest BCUT2D eigenvalue weighted by Gasteiger charge is -1.99. The topological polar surface area (TPSA) is 43.1 Å². The van der Waals surface area contributed by atoms with E-state index in [-0.39, 0.29) is 5.78 Å². The number of nitrogen functional groups attached to an aromatic ring is 1. The van der Waals surface area contributed by atoms with E-state index in [1.165, 1.54) is 11.3 Å². The normalized spacial score (nSPS) is 10.8. The minimum absolute atomic E-state index is 0.0181. The average Bonchev–Trinajstić information content (AvgIpc) is 2.76. The zero-order valence-corrected chi connectivity index (χ0v) is 12.3. The fraction of sp³-hybridized carbons (Fsp3) is 0. The summed E-state index contributed by atoms with van der Waals surface area (Å²) in [5.74, 6) is -0.0181. The third kappa shape index (κ3) is 2.17. The zero-order chi connectivity index (χ0) is 13.4. The molecule has 1 aromatic heterocycles. The molecule has 0 saturated heterocycles. The smallest absolute Gasteiger partial charge is 0.205 e. The van der Waals surface area contributed by atoms with Crippen LogP contribution in [0, 0.1) is 0 Å². The van der Waals surface area contributed by atoms with Gasteiger partial charge in [0.15, 0.2) is 0 Å². The van der Waals surface area contributed by atoms with E-state index in [1.807, 2.05) is 48.5 Å². The lowest BCUT2D eigenvalue weighted by atomic mass is 10.1. The Hall–Kier alpha value is -1.65. The molecule has 3 rings (SSSR count). The summed E-state index contributed by atoms with van der Waals surface area (Å²) < 4.78 is 1.99. The Morgan fingerprint density at radius 2 is 1.84 bits per heavy atom. The van der Waals surface area contributed by atoms with E-state index in [4.69, 9.17) is 5.73 Å². The largest absolute Gasteiger partial charge is 0.397 e. The van der Waals surface area contributed by atoms with Gasteiger partial charge in [0.05, 0.1) is 10.6 Å². The molecule has 0 unspecified atom stereocenters. The van der Waals surface area contributed by atoms with Crippen LogP contribution in [-0.2, 0) is 0 Å². The van der Waals surface area contributed by atoms with Crippen molar-refractivity contribution in [1.29, 1.82) is 0 Å². The summed E-state index contributed by atoms with van der Waals surface area (Å²) in [5, 5.41) is 0.929. The lowest BCUT2D eigenvalue weighted by molar-refractivity contribution is 0.104. The van der Waals surface area contributed by atoms with Crippen molar-refractivity contribution in [3.8, 4) is 0 Å². The molecule has 2 N–H and O–H groups in total. The molecule has 0 spiro atoms. The summed E-state index contributed by atoms with van der Waals surface area (Å²) in [6, 6.07) is 15.1. The molecule has 3 aromatic rings. The van der Waals surface area contributed by atoms with Gasteiger partial charge in [0.25, 0.3) is 0 Å². The molecule has 0 aliphatic carbocycles. The molecule has 0 aliphatic heterocycles. The first-order chi connectivity index (χ1) is 9.16. The summed E-state index contributed by atoms with van der Waals surface area (Å²) in [7, 11) is 0. The Balaban J connectivity index is 2.16. The first kappa shape index (κ1) is 12.4. The molecule has 19 heavy (non-hydrogen) atoms. The van der Waals surface area contributed by atoms with Crippen LogP contribution in [0.1, 0.15) is 15.2 Å². The van der Waals surface area contributed by atoms with E-state index in [2.05, 4.69) is 15.9 Å². The van der Waals surface area contributed by atoms with E-state index < -0.39 is 0 Å². The number of ketones is 1. The third-order valence-corrected chi connectivity index (χ3v) is 4.61. The maximum Gasteiger partial charge on any atom is 0.205 e. The van der Waals surface area contributed by atoms with Gasteiger partial charge in [-0.3, -0.25) is 4.79 Å². The molecular weight excluding hydrogens is 322 g/mol. The van der Waals surface area contributed by atoms with Gasteiger partial charge >= 0.3 is 0 Å². The van der Waals surface area contributed by atoms with Gasteiger partial charge in [-0.15, -0.1) is 11.3 Å². The van der Waals surface area contributed by atoms with Crippen LogP contribution >= 0.6 is 27.3 Å². The second kappa shape index (κ2) is 4.79. The molecule has 0 atom stereocenters. The van der Waals surface area contributed by atoms with E-state index in [0.717, 1.165) is 14.6 Å². The number of hydrogen-bond donors (Lipinski definition) is 1. The SMILES string of the molecule is Nc1c(C(=O)c2ccccc2)sc2ccc(Br)cc12. The molecular formula is C15H10BrNOS. The first-order valence-corrected chi connectivity index (χ1v) is 7.35. The molecule has 2 aromatic carbocycles. The van der Waals surface area contributed by atoms with E-state index >= 15 is 0 Å². The molecule has 4 heteroatoms. The minimum atomic E-state index is -0.0181. The van der Waals surface area contributed by atoms with Crippen molar-refractivity contribution in [1.82, 2.24) is 0 Å². The molecule has 0 aliphatic rings. The van der Waals surface area contributed by atoms with Gasteiger partial charge in [-0.1, -0.05) is 46.3 Å². The van der Waals surface area contributed by atoms with E-state index in [9.17, 15) is 4.79 Å². The molecule has 0 saturated carbocycles. The summed E-state index contributed by atoms with van der Waals surface area (Å²) in [6.45, 7) is 0. The van der Waals surface area contributed by atoms with Crippen LogP contribution in [0.4, 0.5) is 5.69 Å². The number of carbonyl (C=O) groups is 1.